The van der Waals surface area contributed by atoms with Crippen molar-refractivity contribution < 1.29 is 14.3 Å². The zero-order chi connectivity index (χ0) is 22.2. The number of aryl methyl sites for hydroxylation is 1. The van der Waals surface area contributed by atoms with Gasteiger partial charge in [-0.2, -0.15) is 0 Å². The predicted octanol–water partition coefficient (Wildman–Crippen LogP) is 2.77. The molecule has 8 nitrogen and oxygen atoms in total. The summed E-state index contributed by atoms with van der Waals surface area (Å²) in [6, 6.07) is 12.5. The molecular formula is C23H31N5O3. The van der Waals surface area contributed by atoms with Crippen molar-refractivity contribution in [2.45, 2.75) is 6.92 Å². The fraction of sp³-hybridized carbons (Fsp3) is 0.391. The van der Waals surface area contributed by atoms with Gasteiger partial charge in [0.15, 0.2) is 0 Å². The number of carbonyl (C=O) groups excluding carboxylic acids is 2. The molecule has 8 heteroatoms. The van der Waals surface area contributed by atoms with E-state index in [2.05, 4.69) is 20.9 Å². The maximum atomic E-state index is 12.9. The second kappa shape index (κ2) is 10.8. The van der Waals surface area contributed by atoms with Gasteiger partial charge in [0.25, 0.3) is 5.91 Å². The van der Waals surface area contributed by atoms with Gasteiger partial charge in [0, 0.05) is 57.3 Å². The van der Waals surface area contributed by atoms with Gasteiger partial charge in [-0.1, -0.05) is 18.2 Å². The Kier molecular flexibility index (Phi) is 7.86. The highest BCUT2D eigenvalue weighted by molar-refractivity contribution is 6.04. The van der Waals surface area contributed by atoms with Gasteiger partial charge >= 0.3 is 6.03 Å². The molecular weight excluding hydrogens is 394 g/mol. The van der Waals surface area contributed by atoms with E-state index in [1.165, 1.54) is 0 Å². The summed E-state index contributed by atoms with van der Waals surface area (Å²) >= 11 is 0. The van der Waals surface area contributed by atoms with Crippen LogP contribution < -0.4 is 20.9 Å². The Bertz CT molecular complexity index is 910. The number of carbonyl (C=O) groups is 2. The van der Waals surface area contributed by atoms with E-state index in [9.17, 15) is 9.59 Å². The highest BCUT2D eigenvalue weighted by Crippen LogP contribution is 2.23. The predicted molar refractivity (Wildman–Crippen MR) is 124 cm³/mol. The number of amides is 3. The number of benzene rings is 2. The van der Waals surface area contributed by atoms with Crippen LogP contribution in [0.4, 0.5) is 21.9 Å². The van der Waals surface area contributed by atoms with Crippen molar-refractivity contribution >= 4 is 29.0 Å². The van der Waals surface area contributed by atoms with Crippen LogP contribution in [0.2, 0.25) is 0 Å². The van der Waals surface area contributed by atoms with Gasteiger partial charge in [-0.25, -0.2) is 4.79 Å². The first-order valence-corrected chi connectivity index (χ1v) is 10.5. The highest BCUT2D eigenvalue weighted by Gasteiger charge is 2.16. The van der Waals surface area contributed by atoms with E-state index < -0.39 is 0 Å². The minimum absolute atomic E-state index is 0.167. The van der Waals surface area contributed by atoms with Gasteiger partial charge in [-0.15, -0.1) is 0 Å². The molecule has 0 aromatic heterocycles. The van der Waals surface area contributed by atoms with Crippen molar-refractivity contribution in [1.82, 2.24) is 10.2 Å². The normalized spacial score (nSPS) is 14.0. The molecule has 2 aromatic carbocycles. The second-order valence-corrected chi connectivity index (χ2v) is 7.73. The summed E-state index contributed by atoms with van der Waals surface area (Å²) < 4.78 is 5.35. The molecule has 1 heterocycles. The quantitative estimate of drug-likeness (QED) is 0.635. The molecule has 0 aliphatic carbocycles. The van der Waals surface area contributed by atoms with Crippen molar-refractivity contribution in [3.63, 3.8) is 0 Å². The number of nitrogens with zero attached hydrogens (tertiary/aromatic N) is 2. The zero-order valence-corrected chi connectivity index (χ0v) is 18.4. The van der Waals surface area contributed by atoms with Crippen molar-refractivity contribution in [2.75, 3.05) is 69.0 Å². The van der Waals surface area contributed by atoms with E-state index in [0.29, 0.717) is 17.8 Å². The summed E-state index contributed by atoms with van der Waals surface area (Å²) in [6.45, 7) is 6.50. The average molecular weight is 426 g/mol. The van der Waals surface area contributed by atoms with E-state index in [4.69, 9.17) is 4.74 Å². The molecule has 166 valence electrons. The van der Waals surface area contributed by atoms with Gasteiger partial charge in [0.1, 0.15) is 0 Å². The molecule has 0 atom stereocenters. The van der Waals surface area contributed by atoms with E-state index in [-0.39, 0.29) is 11.9 Å². The lowest BCUT2D eigenvalue weighted by molar-refractivity contribution is 0.0383. The Morgan fingerprint density at radius 1 is 1.06 bits per heavy atom. The number of nitrogens with one attached hydrogen (secondary N) is 3. The Hall–Kier alpha value is -3.10. The lowest BCUT2D eigenvalue weighted by Crippen LogP contribution is -2.41. The van der Waals surface area contributed by atoms with Crippen molar-refractivity contribution in [3.05, 3.63) is 53.6 Å². The van der Waals surface area contributed by atoms with Crippen LogP contribution in [0.5, 0.6) is 0 Å². The molecule has 3 N–H and O–H groups in total. The number of anilines is 3. The van der Waals surface area contributed by atoms with E-state index in [1.54, 1.807) is 12.1 Å². The third kappa shape index (κ3) is 6.44. The fourth-order valence-electron chi connectivity index (χ4n) is 3.43. The first-order chi connectivity index (χ1) is 14.9. The third-order valence-electron chi connectivity index (χ3n) is 5.19. The Balaban J connectivity index is 1.64. The van der Waals surface area contributed by atoms with Crippen LogP contribution in [0.3, 0.4) is 0 Å². The zero-order valence-electron chi connectivity index (χ0n) is 18.4. The minimum atomic E-state index is -0.356. The molecule has 1 aliphatic rings. The maximum Gasteiger partial charge on any atom is 0.323 e. The molecule has 0 bridgehead atoms. The smallest absolute Gasteiger partial charge is 0.323 e. The van der Waals surface area contributed by atoms with Gasteiger partial charge in [-0.3, -0.25) is 9.69 Å². The molecule has 0 spiro atoms. The minimum Gasteiger partial charge on any atom is -0.379 e. The SMILES string of the molecule is Cc1ccccc1NC(=O)Nc1ccc(N(C)C)c(C(=O)NCCN2CCOCC2)c1. The van der Waals surface area contributed by atoms with Crippen LogP contribution in [0, 0.1) is 6.92 Å². The number of para-hydroxylation sites is 1. The van der Waals surface area contributed by atoms with Crippen LogP contribution in [-0.4, -0.2) is 70.3 Å². The Morgan fingerprint density at radius 2 is 1.81 bits per heavy atom. The lowest BCUT2D eigenvalue weighted by atomic mass is 10.1. The van der Waals surface area contributed by atoms with Gasteiger partial charge < -0.3 is 25.6 Å². The summed E-state index contributed by atoms with van der Waals surface area (Å²) in [6.07, 6.45) is 0. The molecule has 1 aliphatic heterocycles. The molecule has 0 radical (unpaired) electrons. The summed E-state index contributed by atoms with van der Waals surface area (Å²) in [5, 5.41) is 8.65. The van der Waals surface area contributed by atoms with Crippen molar-refractivity contribution in [3.8, 4) is 0 Å². The van der Waals surface area contributed by atoms with Crippen molar-refractivity contribution in [1.29, 1.82) is 0 Å². The van der Waals surface area contributed by atoms with Crippen LogP contribution in [0.15, 0.2) is 42.5 Å². The molecule has 3 amide bonds. The third-order valence-corrected chi connectivity index (χ3v) is 5.19. The highest BCUT2D eigenvalue weighted by atomic mass is 16.5. The molecule has 1 fully saturated rings. The molecule has 1 saturated heterocycles. The van der Waals surface area contributed by atoms with Crippen LogP contribution in [0.1, 0.15) is 15.9 Å². The number of rotatable bonds is 7. The molecule has 31 heavy (non-hydrogen) atoms. The fourth-order valence-corrected chi connectivity index (χ4v) is 3.43. The second-order valence-electron chi connectivity index (χ2n) is 7.73. The maximum absolute atomic E-state index is 12.9. The number of ether oxygens (including phenoxy) is 1. The number of urea groups is 1. The van der Waals surface area contributed by atoms with E-state index in [0.717, 1.165) is 49.8 Å². The summed E-state index contributed by atoms with van der Waals surface area (Å²) in [7, 11) is 3.77. The Labute approximate surface area is 183 Å². The van der Waals surface area contributed by atoms with Gasteiger partial charge in [-0.05, 0) is 36.8 Å². The largest absolute Gasteiger partial charge is 0.379 e. The number of hydrogen-bond acceptors (Lipinski definition) is 5. The summed E-state index contributed by atoms with van der Waals surface area (Å²) in [5.74, 6) is -0.167. The standard InChI is InChI=1S/C23H31N5O3/c1-17-6-4-5-7-20(17)26-23(30)25-18-8-9-21(27(2)3)19(16-18)22(29)24-10-11-28-12-14-31-15-13-28/h4-9,16H,10-15H2,1-3H3,(H,24,29)(H2,25,26,30). The van der Waals surface area contributed by atoms with Crippen LogP contribution in [0.25, 0.3) is 0 Å². The molecule has 0 unspecified atom stereocenters. The van der Waals surface area contributed by atoms with E-state index >= 15 is 0 Å². The Morgan fingerprint density at radius 3 is 2.52 bits per heavy atom. The van der Waals surface area contributed by atoms with Gasteiger partial charge in [0.05, 0.1) is 18.8 Å². The number of morpholine rings is 1. The molecule has 0 saturated carbocycles. The first-order valence-electron chi connectivity index (χ1n) is 10.5. The average Bonchev–Trinajstić information content (AvgIpc) is 2.76. The van der Waals surface area contributed by atoms with Crippen molar-refractivity contribution in [2.24, 2.45) is 0 Å². The van der Waals surface area contributed by atoms with Crippen LogP contribution in [-0.2, 0) is 4.74 Å². The lowest BCUT2D eigenvalue weighted by Gasteiger charge is -2.26. The summed E-state index contributed by atoms with van der Waals surface area (Å²) in [4.78, 5) is 29.5. The molecule has 2 aromatic rings. The monoisotopic (exact) mass is 425 g/mol. The number of hydrogen-bond donors (Lipinski definition) is 3. The van der Waals surface area contributed by atoms with E-state index in [1.807, 2.05) is 56.3 Å². The van der Waals surface area contributed by atoms with Gasteiger partial charge in [0.2, 0.25) is 0 Å². The topological polar surface area (TPSA) is 85.9 Å². The van der Waals surface area contributed by atoms with Crippen LogP contribution >= 0.6 is 0 Å². The molecule has 3 rings (SSSR count). The first kappa shape index (κ1) is 22.6. The summed E-state index contributed by atoms with van der Waals surface area (Å²) in [5.41, 5.74) is 3.57.